The predicted molar refractivity (Wildman–Crippen MR) is 261 cm³/mol. The third kappa shape index (κ3) is 13.9. The maximum Gasteiger partial charge on any atom is 0.305 e. The van der Waals surface area contributed by atoms with E-state index in [0.717, 1.165) is 34.5 Å². The molecule has 6 aromatic rings. The number of aliphatic carboxylic acids is 1. The van der Waals surface area contributed by atoms with Gasteiger partial charge >= 0.3 is 5.97 Å². The zero-order chi connectivity index (χ0) is 50.5. The Labute approximate surface area is 403 Å². The number of carboxylic acid groups (broad SMARTS) is 1. The zero-order valence-corrected chi connectivity index (χ0v) is 38.9. The molecule has 0 aliphatic carbocycles. The van der Waals surface area contributed by atoms with Gasteiger partial charge in [-0.3, -0.25) is 43.2 Å². The average molecular weight is 942 g/mol. The number of rotatable bonds is 20. The first-order chi connectivity index (χ1) is 33.4. The molecule has 6 N–H and O–H groups in total. The summed E-state index contributed by atoms with van der Waals surface area (Å²) in [5.41, 5.74) is 2.99. The van der Waals surface area contributed by atoms with Crippen molar-refractivity contribution in [2.24, 2.45) is 0 Å². The van der Waals surface area contributed by atoms with Crippen LogP contribution >= 0.6 is 0 Å². The topological polar surface area (TPSA) is 238 Å². The fourth-order valence-corrected chi connectivity index (χ4v) is 7.61. The number of aromatic nitrogens is 1. The molecular formula is C55H51N5O10. The number of carbonyl (C=O) groups is 9. The van der Waals surface area contributed by atoms with E-state index in [0.29, 0.717) is 0 Å². The summed E-state index contributed by atoms with van der Waals surface area (Å²) in [7, 11) is 0. The zero-order valence-electron chi connectivity index (χ0n) is 38.9. The van der Waals surface area contributed by atoms with E-state index in [-0.39, 0.29) is 70.0 Å². The quantitative estimate of drug-likeness (QED) is 0.0524. The maximum absolute atomic E-state index is 14.1. The van der Waals surface area contributed by atoms with Crippen LogP contribution in [0.15, 0.2) is 128 Å². The van der Waals surface area contributed by atoms with E-state index in [9.17, 15) is 48.3 Å². The molecule has 356 valence electrons. The number of carbonyl (C=O) groups excluding carboxylic acids is 8. The number of carboxylic acids is 1. The van der Waals surface area contributed by atoms with Gasteiger partial charge in [-0.2, -0.15) is 0 Å². The average Bonchev–Trinajstić information content (AvgIpc) is 3.75. The number of fused-ring (bicyclic) bond motifs is 1. The van der Waals surface area contributed by atoms with Crippen LogP contribution in [-0.4, -0.2) is 87.0 Å². The Balaban J connectivity index is 1.39. The van der Waals surface area contributed by atoms with Gasteiger partial charge in [0.15, 0.2) is 23.1 Å². The number of amides is 4. The number of H-pyrrole nitrogens is 1. The van der Waals surface area contributed by atoms with Crippen molar-refractivity contribution in [1.82, 2.24) is 26.3 Å². The molecule has 15 nitrogen and oxygen atoms in total. The summed E-state index contributed by atoms with van der Waals surface area (Å²) in [6.45, 7) is 5.16. The number of para-hydroxylation sites is 1. The second-order valence-electron chi connectivity index (χ2n) is 16.9. The summed E-state index contributed by atoms with van der Waals surface area (Å²) in [5.74, 6) is -0.190. The Bertz CT molecular complexity index is 3060. The molecule has 15 heteroatoms. The van der Waals surface area contributed by atoms with E-state index in [2.05, 4.69) is 38.1 Å². The Morgan fingerprint density at radius 2 is 0.829 bits per heavy atom. The monoisotopic (exact) mass is 941 g/mol. The van der Waals surface area contributed by atoms with Crippen molar-refractivity contribution in [2.75, 3.05) is 0 Å². The van der Waals surface area contributed by atoms with Crippen LogP contribution in [0.25, 0.3) is 10.9 Å². The van der Waals surface area contributed by atoms with Crippen molar-refractivity contribution in [3.8, 4) is 11.8 Å². The summed E-state index contributed by atoms with van der Waals surface area (Å²) in [5, 5.41) is 21.0. The van der Waals surface area contributed by atoms with Gasteiger partial charge in [0, 0.05) is 56.9 Å². The lowest BCUT2D eigenvalue weighted by Gasteiger charge is -2.18. The van der Waals surface area contributed by atoms with Crippen LogP contribution in [-0.2, 0) is 43.2 Å². The van der Waals surface area contributed by atoms with Gasteiger partial charge in [-0.1, -0.05) is 90.7 Å². The second kappa shape index (κ2) is 23.3. The highest BCUT2D eigenvalue weighted by atomic mass is 16.4. The SMILES string of the molecule is CC(=O)C(CC(=O)O)NC(=O)c1cc(C#Cc2cc(C(=O)NC(Cc3ccccc3)C(C)=O)cc(C(=O)NC(Cc3c[nH]c4ccccc34)C(C)=O)c2)cc(C(=O)NC(Cc2ccccc2)C(C)=O)c1. The van der Waals surface area contributed by atoms with Gasteiger partial charge in [0.25, 0.3) is 23.6 Å². The first-order valence-electron chi connectivity index (χ1n) is 22.4. The number of benzene rings is 5. The van der Waals surface area contributed by atoms with Gasteiger partial charge in [-0.05, 0) is 99.7 Å². The van der Waals surface area contributed by atoms with Gasteiger partial charge in [0.2, 0.25) is 0 Å². The fraction of sp³-hybridized carbons (Fsp3) is 0.218. The molecule has 0 radical (unpaired) electrons. The Morgan fingerprint density at radius 1 is 0.471 bits per heavy atom. The summed E-state index contributed by atoms with van der Waals surface area (Å²) in [4.78, 5) is 121. The number of aromatic amines is 1. The Morgan fingerprint density at radius 3 is 1.21 bits per heavy atom. The standard InChI is InChI=1S/C55H51N5O10/c1-32(61)47(25-36-13-7-5-8-14-36)57-52(67)40-21-38(23-42(27-40)54(69)59-49(34(3)63)29-44-31-56-46-18-12-11-17-45(44)46)19-20-39-22-41(28-43(24-39)55(70)60-50(35(4)64)30-51(65)66)53(68)58-48(33(2)62)26-37-15-9-6-10-16-37/h5-18,21-24,27-28,31,47-50,56H,25-26,29-30H2,1-4H3,(H,57,67)(H,58,68)(H,59,69)(H,60,70)(H,65,66). The minimum Gasteiger partial charge on any atom is -0.481 e. The normalized spacial score (nSPS) is 12.5. The van der Waals surface area contributed by atoms with Crippen molar-refractivity contribution in [1.29, 1.82) is 0 Å². The van der Waals surface area contributed by atoms with Crippen molar-refractivity contribution in [3.05, 3.63) is 178 Å². The van der Waals surface area contributed by atoms with Crippen molar-refractivity contribution in [2.45, 2.75) is 77.5 Å². The minimum absolute atomic E-state index is 0.0529. The number of Topliss-reactive ketones (excluding diaryl/α,β-unsaturated/α-hetero) is 4. The van der Waals surface area contributed by atoms with Gasteiger partial charge in [-0.25, -0.2) is 0 Å². The molecule has 0 saturated carbocycles. The summed E-state index contributed by atoms with van der Waals surface area (Å²) < 4.78 is 0. The summed E-state index contributed by atoms with van der Waals surface area (Å²) in [6.07, 6.45) is 1.57. The number of hydrogen-bond acceptors (Lipinski definition) is 9. The Kier molecular flexibility index (Phi) is 16.9. The van der Waals surface area contributed by atoms with E-state index in [1.165, 1.54) is 57.2 Å². The van der Waals surface area contributed by atoms with Crippen LogP contribution in [0.5, 0.6) is 0 Å². The molecule has 6 rings (SSSR count). The van der Waals surface area contributed by atoms with E-state index in [1.54, 1.807) is 30.5 Å². The largest absolute Gasteiger partial charge is 0.481 e. The molecule has 1 heterocycles. The summed E-state index contributed by atoms with van der Waals surface area (Å²) >= 11 is 0. The molecule has 4 unspecified atom stereocenters. The van der Waals surface area contributed by atoms with E-state index >= 15 is 0 Å². The second-order valence-corrected chi connectivity index (χ2v) is 16.9. The maximum atomic E-state index is 14.1. The molecule has 70 heavy (non-hydrogen) atoms. The van der Waals surface area contributed by atoms with Gasteiger partial charge in [0.05, 0.1) is 30.6 Å². The highest BCUT2D eigenvalue weighted by Gasteiger charge is 2.26. The number of nitrogens with one attached hydrogen (secondary N) is 5. The van der Waals surface area contributed by atoms with Crippen LogP contribution < -0.4 is 21.3 Å². The van der Waals surface area contributed by atoms with Gasteiger partial charge in [0.1, 0.15) is 0 Å². The molecule has 0 aliphatic heterocycles. The van der Waals surface area contributed by atoms with E-state index in [1.807, 2.05) is 60.7 Å². The van der Waals surface area contributed by atoms with Crippen molar-refractivity contribution in [3.63, 3.8) is 0 Å². The lowest BCUT2D eigenvalue weighted by Crippen LogP contribution is -2.42. The van der Waals surface area contributed by atoms with Crippen molar-refractivity contribution >= 4 is 63.6 Å². The molecule has 0 saturated heterocycles. The lowest BCUT2D eigenvalue weighted by molar-refractivity contribution is -0.139. The molecule has 4 atom stereocenters. The van der Waals surface area contributed by atoms with Gasteiger partial charge < -0.3 is 31.4 Å². The first kappa shape index (κ1) is 50.6. The van der Waals surface area contributed by atoms with Crippen LogP contribution in [0.3, 0.4) is 0 Å². The van der Waals surface area contributed by atoms with Crippen LogP contribution in [0.4, 0.5) is 0 Å². The smallest absolute Gasteiger partial charge is 0.305 e. The third-order valence-electron chi connectivity index (χ3n) is 11.5. The Hall–Kier alpha value is -8.77. The predicted octanol–water partition coefficient (Wildman–Crippen LogP) is 5.52. The van der Waals surface area contributed by atoms with E-state index < -0.39 is 66.0 Å². The summed E-state index contributed by atoms with van der Waals surface area (Å²) in [6, 6.07) is 29.3. The third-order valence-corrected chi connectivity index (χ3v) is 11.5. The molecule has 0 spiro atoms. The molecule has 0 aliphatic rings. The molecule has 4 amide bonds. The molecule has 0 fully saturated rings. The first-order valence-corrected chi connectivity index (χ1v) is 22.4. The highest BCUT2D eigenvalue weighted by Crippen LogP contribution is 2.21. The number of hydrogen-bond donors (Lipinski definition) is 6. The van der Waals surface area contributed by atoms with E-state index in [4.69, 9.17) is 0 Å². The lowest BCUT2D eigenvalue weighted by atomic mass is 9.99. The molecule has 1 aromatic heterocycles. The minimum atomic E-state index is -1.40. The molecule has 5 aromatic carbocycles. The number of ketones is 4. The van der Waals surface area contributed by atoms with Crippen LogP contribution in [0.1, 0.15) is 103 Å². The molecule has 0 bridgehead atoms. The molecular weight excluding hydrogens is 891 g/mol. The fourth-order valence-electron chi connectivity index (χ4n) is 7.61. The highest BCUT2D eigenvalue weighted by molar-refractivity contribution is 6.04. The van der Waals surface area contributed by atoms with Crippen LogP contribution in [0.2, 0.25) is 0 Å². The van der Waals surface area contributed by atoms with Gasteiger partial charge in [-0.15, -0.1) is 0 Å². The van der Waals surface area contributed by atoms with Crippen molar-refractivity contribution < 1.29 is 48.3 Å². The van der Waals surface area contributed by atoms with Crippen LogP contribution in [0, 0.1) is 11.8 Å².